The molecule has 1 N–H and O–H groups in total. The normalized spacial score (nSPS) is 33.2. The zero-order chi connectivity index (χ0) is 11.0. The summed E-state index contributed by atoms with van der Waals surface area (Å²) in [5.41, 5.74) is 0.915. The number of benzene rings is 1. The van der Waals surface area contributed by atoms with Crippen LogP contribution in [-0.4, -0.2) is 24.4 Å². The van der Waals surface area contributed by atoms with Crippen molar-refractivity contribution in [2.45, 2.75) is 25.0 Å². The third-order valence-electron chi connectivity index (χ3n) is 3.50. The molecule has 0 aromatic heterocycles. The van der Waals surface area contributed by atoms with E-state index in [1.54, 1.807) is 0 Å². The third kappa shape index (κ3) is 1.70. The van der Waals surface area contributed by atoms with Crippen LogP contribution in [-0.2, 0) is 4.74 Å². The van der Waals surface area contributed by atoms with Gasteiger partial charge in [0.05, 0.1) is 12.7 Å². The molecule has 2 unspecified atom stereocenters. The predicted octanol–water partition coefficient (Wildman–Crippen LogP) is 1.91. The molecule has 0 spiro atoms. The Labute approximate surface area is 95.0 Å². The van der Waals surface area contributed by atoms with Gasteiger partial charge in [-0.25, -0.2) is 0 Å². The zero-order valence-electron chi connectivity index (χ0n) is 9.13. The molecule has 2 heterocycles. The molecule has 3 heteroatoms. The Morgan fingerprint density at radius 2 is 2.12 bits per heavy atom. The molecule has 1 saturated heterocycles. The lowest BCUT2D eigenvalue weighted by Gasteiger charge is -2.32. The summed E-state index contributed by atoms with van der Waals surface area (Å²) in [6.07, 6.45) is 1.44. The van der Waals surface area contributed by atoms with E-state index < -0.39 is 6.10 Å². The number of para-hydroxylation sites is 1. The summed E-state index contributed by atoms with van der Waals surface area (Å²) in [5, 5.41) is 10.1. The first kappa shape index (κ1) is 10.1. The molecule has 3 atom stereocenters. The topological polar surface area (TPSA) is 38.7 Å². The molecule has 86 valence electrons. The van der Waals surface area contributed by atoms with E-state index in [1.807, 2.05) is 24.3 Å². The van der Waals surface area contributed by atoms with E-state index >= 15 is 0 Å². The Morgan fingerprint density at radius 1 is 1.25 bits per heavy atom. The largest absolute Gasteiger partial charge is 0.490 e. The Balaban J connectivity index is 1.83. The fourth-order valence-electron chi connectivity index (χ4n) is 2.56. The molecule has 0 radical (unpaired) electrons. The van der Waals surface area contributed by atoms with E-state index in [0.29, 0.717) is 12.3 Å². The highest BCUT2D eigenvalue weighted by Gasteiger charge is 2.34. The number of aliphatic hydroxyl groups is 1. The van der Waals surface area contributed by atoms with Crippen LogP contribution in [0.1, 0.15) is 24.5 Å². The highest BCUT2D eigenvalue weighted by Crippen LogP contribution is 2.38. The quantitative estimate of drug-likeness (QED) is 0.785. The molecule has 16 heavy (non-hydrogen) atoms. The summed E-state index contributed by atoms with van der Waals surface area (Å²) in [4.78, 5) is 0. The molecule has 1 fully saturated rings. The van der Waals surface area contributed by atoms with Gasteiger partial charge in [-0.3, -0.25) is 0 Å². The van der Waals surface area contributed by atoms with Gasteiger partial charge < -0.3 is 14.6 Å². The van der Waals surface area contributed by atoms with Crippen LogP contribution in [0.4, 0.5) is 0 Å². The van der Waals surface area contributed by atoms with Crippen molar-refractivity contribution in [2.24, 2.45) is 5.92 Å². The first-order valence-corrected chi connectivity index (χ1v) is 5.86. The number of hydrogen-bond acceptors (Lipinski definition) is 3. The number of ether oxygens (including phenoxy) is 2. The average Bonchev–Trinajstić information content (AvgIpc) is 2.82. The summed E-state index contributed by atoms with van der Waals surface area (Å²) in [5.74, 6) is 1.26. The van der Waals surface area contributed by atoms with Gasteiger partial charge >= 0.3 is 0 Å². The lowest BCUT2D eigenvalue weighted by atomic mass is 9.91. The second-order valence-corrected chi connectivity index (χ2v) is 4.57. The van der Waals surface area contributed by atoms with Crippen molar-refractivity contribution in [2.75, 3.05) is 13.2 Å². The maximum atomic E-state index is 10.1. The molecular formula is C13H16O3. The van der Waals surface area contributed by atoms with Crippen molar-refractivity contribution >= 4 is 0 Å². The van der Waals surface area contributed by atoms with Crippen LogP contribution in [0.3, 0.4) is 0 Å². The Kier molecular flexibility index (Phi) is 2.58. The van der Waals surface area contributed by atoms with Gasteiger partial charge in [-0.15, -0.1) is 0 Å². The van der Waals surface area contributed by atoms with E-state index in [1.165, 1.54) is 0 Å². The smallest absolute Gasteiger partial charge is 0.125 e. The number of hydrogen-bond donors (Lipinski definition) is 1. The van der Waals surface area contributed by atoms with Gasteiger partial charge in [-0.05, 0) is 12.5 Å². The van der Waals surface area contributed by atoms with Gasteiger partial charge in [0.25, 0.3) is 0 Å². The van der Waals surface area contributed by atoms with E-state index in [0.717, 1.165) is 30.9 Å². The van der Waals surface area contributed by atoms with Crippen LogP contribution in [0.15, 0.2) is 24.3 Å². The lowest BCUT2D eigenvalue weighted by Crippen LogP contribution is -2.33. The molecule has 2 aliphatic heterocycles. The molecule has 3 rings (SSSR count). The minimum absolute atomic E-state index is 0.104. The van der Waals surface area contributed by atoms with Crippen molar-refractivity contribution in [3.63, 3.8) is 0 Å². The summed E-state index contributed by atoms with van der Waals surface area (Å²) in [7, 11) is 0. The SMILES string of the molecule is O[C@H]1CC(C2CCOC2)Oc2ccccc21. The van der Waals surface area contributed by atoms with E-state index in [2.05, 4.69) is 0 Å². The molecule has 0 bridgehead atoms. The molecule has 0 aliphatic carbocycles. The highest BCUT2D eigenvalue weighted by atomic mass is 16.5. The molecule has 0 saturated carbocycles. The van der Waals surface area contributed by atoms with E-state index in [9.17, 15) is 5.11 Å². The lowest BCUT2D eigenvalue weighted by molar-refractivity contribution is 0.0302. The van der Waals surface area contributed by atoms with Crippen molar-refractivity contribution < 1.29 is 14.6 Å². The second-order valence-electron chi connectivity index (χ2n) is 4.57. The van der Waals surface area contributed by atoms with Crippen LogP contribution in [0.25, 0.3) is 0 Å². The zero-order valence-corrected chi connectivity index (χ0v) is 9.13. The third-order valence-corrected chi connectivity index (χ3v) is 3.50. The van der Waals surface area contributed by atoms with Crippen LogP contribution < -0.4 is 4.74 Å². The fraction of sp³-hybridized carbons (Fsp3) is 0.538. The van der Waals surface area contributed by atoms with Crippen molar-refractivity contribution in [1.82, 2.24) is 0 Å². The molecule has 1 aromatic rings. The summed E-state index contributed by atoms with van der Waals surface area (Å²) >= 11 is 0. The maximum Gasteiger partial charge on any atom is 0.125 e. The first-order chi connectivity index (χ1) is 7.84. The minimum Gasteiger partial charge on any atom is -0.490 e. The van der Waals surface area contributed by atoms with Gasteiger partial charge in [0.2, 0.25) is 0 Å². The van der Waals surface area contributed by atoms with Crippen LogP contribution in [0, 0.1) is 5.92 Å². The minimum atomic E-state index is -0.393. The number of aliphatic hydroxyl groups excluding tert-OH is 1. The van der Waals surface area contributed by atoms with Crippen LogP contribution >= 0.6 is 0 Å². The van der Waals surface area contributed by atoms with E-state index in [4.69, 9.17) is 9.47 Å². The Hall–Kier alpha value is -1.06. The molecule has 2 aliphatic rings. The fourth-order valence-corrected chi connectivity index (χ4v) is 2.56. The molecule has 1 aromatic carbocycles. The standard InChI is InChI=1S/C13H16O3/c14-11-7-13(9-5-6-15-8-9)16-12-4-2-1-3-10(11)12/h1-4,9,11,13-14H,5-8H2/t9?,11-,13?/m0/s1. The summed E-state index contributed by atoms with van der Waals surface area (Å²) in [6.45, 7) is 1.59. The highest BCUT2D eigenvalue weighted by molar-refractivity contribution is 5.37. The van der Waals surface area contributed by atoms with Gasteiger partial charge in [-0.1, -0.05) is 18.2 Å². The Bertz CT molecular complexity index is 371. The molecule has 0 amide bonds. The van der Waals surface area contributed by atoms with E-state index in [-0.39, 0.29) is 6.10 Å². The maximum absolute atomic E-state index is 10.1. The van der Waals surface area contributed by atoms with Gasteiger partial charge in [0.1, 0.15) is 11.9 Å². The number of fused-ring (bicyclic) bond motifs is 1. The second kappa shape index (κ2) is 4.07. The summed E-state index contributed by atoms with van der Waals surface area (Å²) < 4.78 is 11.3. The first-order valence-electron chi connectivity index (χ1n) is 5.86. The number of rotatable bonds is 1. The van der Waals surface area contributed by atoms with Crippen LogP contribution in [0.5, 0.6) is 5.75 Å². The van der Waals surface area contributed by atoms with Crippen molar-refractivity contribution in [1.29, 1.82) is 0 Å². The summed E-state index contributed by atoms with van der Waals surface area (Å²) in [6, 6.07) is 7.74. The van der Waals surface area contributed by atoms with Gasteiger partial charge in [0.15, 0.2) is 0 Å². The van der Waals surface area contributed by atoms with Gasteiger partial charge in [0, 0.05) is 24.5 Å². The van der Waals surface area contributed by atoms with Crippen molar-refractivity contribution in [3.8, 4) is 5.75 Å². The van der Waals surface area contributed by atoms with Crippen LogP contribution in [0.2, 0.25) is 0 Å². The average molecular weight is 220 g/mol. The van der Waals surface area contributed by atoms with Crippen molar-refractivity contribution in [3.05, 3.63) is 29.8 Å². The predicted molar refractivity (Wildman–Crippen MR) is 59.4 cm³/mol. The molecule has 3 nitrogen and oxygen atoms in total. The Morgan fingerprint density at radius 3 is 2.94 bits per heavy atom. The van der Waals surface area contributed by atoms with Gasteiger partial charge in [-0.2, -0.15) is 0 Å². The molecular weight excluding hydrogens is 204 g/mol. The monoisotopic (exact) mass is 220 g/mol.